The molecule has 0 aliphatic rings. The molecule has 16 heavy (non-hydrogen) atoms. The SMILES string of the molecule is CCN(C(=O)C[N+](=O)[O-])c1cccc(C)c1. The van der Waals surface area contributed by atoms with Gasteiger partial charge in [-0.2, -0.15) is 0 Å². The van der Waals surface area contributed by atoms with Gasteiger partial charge in [-0.25, -0.2) is 0 Å². The molecule has 1 rings (SSSR count). The van der Waals surface area contributed by atoms with Crippen molar-refractivity contribution in [3.05, 3.63) is 39.9 Å². The molecule has 1 aromatic carbocycles. The van der Waals surface area contributed by atoms with Crippen molar-refractivity contribution in [1.29, 1.82) is 0 Å². The Morgan fingerprint density at radius 3 is 2.69 bits per heavy atom. The zero-order chi connectivity index (χ0) is 12.1. The summed E-state index contributed by atoms with van der Waals surface area (Å²) < 4.78 is 0. The molecule has 0 heterocycles. The first-order valence-electron chi connectivity index (χ1n) is 5.03. The number of carbonyl (C=O) groups excluding carboxylic acids is 1. The van der Waals surface area contributed by atoms with Gasteiger partial charge in [0.05, 0.1) is 0 Å². The fourth-order valence-electron chi connectivity index (χ4n) is 1.49. The van der Waals surface area contributed by atoms with Crippen LogP contribution in [0, 0.1) is 17.0 Å². The molecule has 0 bridgehead atoms. The van der Waals surface area contributed by atoms with Gasteiger partial charge in [0.1, 0.15) is 0 Å². The molecule has 0 aliphatic heterocycles. The number of anilines is 1. The molecule has 5 nitrogen and oxygen atoms in total. The van der Waals surface area contributed by atoms with Gasteiger partial charge in [-0.1, -0.05) is 12.1 Å². The summed E-state index contributed by atoms with van der Waals surface area (Å²) in [6.07, 6.45) is 0. The van der Waals surface area contributed by atoms with Crippen LogP contribution < -0.4 is 4.90 Å². The summed E-state index contributed by atoms with van der Waals surface area (Å²) in [5, 5.41) is 10.3. The molecule has 0 saturated heterocycles. The average molecular weight is 222 g/mol. The number of nitro groups is 1. The van der Waals surface area contributed by atoms with Crippen LogP contribution >= 0.6 is 0 Å². The Balaban J connectivity index is 2.89. The van der Waals surface area contributed by atoms with Crippen LogP contribution in [0.5, 0.6) is 0 Å². The molecule has 86 valence electrons. The van der Waals surface area contributed by atoms with Crippen LogP contribution in [0.25, 0.3) is 0 Å². The summed E-state index contributed by atoms with van der Waals surface area (Å²) in [5.74, 6) is -0.488. The van der Waals surface area contributed by atoms with Crippen LogP contribution in [0.4, 0.5) is 5.69 Å². The second-order valence-electron chi connectivity index (χ2n) is 3.47. The van der Waals surface area contributed by atoms with Crippen molar-refractivity contribution in [2.24, 2.45) is 0 Å². The molecule has 0 aromatic heterocycles. The normalized spacial score (nSPS) is 9.88. The molecule has 5 heteroatoms. The van der Waals surface area contributed by atoms with Crippen LogP contribution in [0.15, 0.2) is 24.3 Å². The fraction of sp³-hybridized carbons (Fsp3) is 0.364. The minimum atomic E-state index is -0.665. The van der Waals surface area contributed by atoms with Gasteiger partial charge < -0.3 is 4.90 Å². The average Bonchev–Trinajstić information content (AvgIpc) is 2.17. The number of likely N-dealkylation sites (N-methyl/N-ethyl adjacent to an activating group) is 1. The van der Waals surface area contributed by atoms with Crippen molar-refractivity contribution in [3.8, 4) is 0 Å². The van der Waals surface area contributed by atoms with Gasteiger partial charge in [-0.15, -0.1) is 0 Å². The third kappa shape index (κ3) is 3.05. The monoisotopic (exact) mass is 222 g/mol. The molecular weight excluding hydrogens is 208 g/mol. The Hall–Kier alpha value is -1.91. The smallest absolute Gasteiger partial charge is 0.298 e. The third-order valence-corrected chi connectivity index (χ3v) is 2.19. The summed E-state index contributed by atoms with van der Waals surface area (Å²) in [7, 11) is 0. The van der Waals surface area contributed by atoms with Crippen molar-refractivity contribution in [2.45, 2.75) is 13.8 Å². The molecule has 0 saturated carbocycles. The number of carbonyl (C=O) groups is 1. The first kappa shape index (κ1) is 12.2. The number of hydrogen-bond donors (Lipinski definition) is 0. The summed E-state index contributed by atoms with van der Waals surface area (Å²) >= 11 is 0. The third-order valence-electron chi connectivity index (χ3n) is 2.19. The zero-order valence-electron chi connectivity index (χ0n) is 9.34. The molecule has 0 aliphatic carbocycles. The predicted octanol–water partition coefficient (Wildman–Crippen LogP) is 1.62. The lowest BCUT2D eigenvalue weighted by Crippen LogP contribution is -2.35. The Morgan fingerprint density at radius 2 is 2.19 bits per heavy atom. The van der Waals surface area contributed by atoms with Crippen molar-refractivity contribution >= 4 is 11.6 Å². The van der Waals surface area contributed by atoms with E-state index >= 15 is 0 Å². The van der Waals surface area contributed by atoms with Crippen molar-refractivity contribution in [2.75, 3.05) is 18.0 Å². The molecule has 0 radical (unpaired) electrons. The van der Waals surface area contributed by atoms with Crippen molar-refractivity contribution in [1.82, 2.24) is 0 Å². The molecule has 0 fully saturated rings. The molecule has 0 unspecified atom stereocenters. The maximum atomic E-state index is 11.6. The second kappa shape index (κ2) is 5.25. The van der Waals surface area contributed by atoms with E-state index in [4.69, 9.17) is 0 Å². The Kier molecular flexibility index (Phi) is 3.99. The maximum Gasteiger partial charge on any atom is 0.298 e. The van der Waals surface area contributed by atoms with Crippen LogP contribution in [0.1, 0.15) is 12.5 Å². The number of hydrogen-bond acceptors (Lipinski definition) is 3. The van der Waals surface area contributed by atoms with Gasteiger partial charge in [0.25, 0.3) is 12.5 Å². The standard InChI is InChI=1S/C11H14N2O3/c1-3-12(11(14)8-13(15)16)10-6-4-5-9(2)7-10/h4-7H,3,8H2,1-2H3. The summed E-state index contributed by atoms with van der Waals surface area (Å²) in [4.78, 5) is 22.7. The number of rotatable bonds is 4. The van der Waals surface area contributed by atoms with Gasteiger partial charge in [0.2, 0.25) is 0 Å². The fourth-order valence-corrected chi connectivity index (χ4v) is 1.49. The van der Waals surface area contributed by atoms with Gasteiger partial charge in [0.15, 0.2) is 0 Å². The quantitative estimate of drug-likeness (QED) is 0.574. The van der Waals surface area contributed by atoms with Crippen LogP contribution in [-0.4, -0.2) is 23.9 Å². The Bertz CT molecular complexity index is 404. The minimum Gasteiger partial charge on any atom is -0.307 e. The largest absolute Gasteiger partial charge is 0.307 e. The van der Waals surface area contributed by atoms with E-state index in [-0.39, 0.29) is 0 Å². The molecule has 0 atom stereocenters. The number of benzene rings is 1. The van der Waals surface area contributed by atoms with E-state index in [0.29, 0.717) is 12.2 Å². The molecular formula is C11H14N2O3. The Morgan fingerprint density at radius 1 is 1.50 bits per heavy atom. The molecule has 1 aromatic rings. The van der Waals surface area contributed by atoms with Crippen molar-refractivity contribution in [3.63, 3.8) is 0 Å². The highest BCUT2D eigenvalue weighted by molar-refractivity contribution is 5.94. The second-order valence-corrected chi connectivity index (χ2v) is 3.47. The van der Waals surface area contributed by atoms with E-state index < -0.39 is 17.4 Å². The van der Waals surface area contributed by atoms with E-state index in [1.54, 1.807) is 13.0 Å². The number of aryl methyl sites for hydroxylation is 1. The number of nitrogens with zero attached hydrogens (tertiary/aromatic N) is 2. The van der Waals surface area contributed by atoms with E-state index in [9.17, 15) is 14.9 Å². The lowest BCUT2D eigenvalue weighted by molar-refractivity contribution is -0.467. The Labute approximate surface area is 93.8 Å². The minimum absolute atomic E-state index is 0.427. The highest BCUT2D eigenvalue weighted by Crippen LogP contribution is 2.15. The predicted molar refractivity (Wildman–Crippen MR) is 61.1 cm³/mol. The van der Waals surface area contributed by atoms with Crippen molar-refractivity contribution < 1.29 is 9.72 Å². The topological polar surface area (TPSA) is 63.5 Å². The van der Waals surface area contributed by atoms with Crippen LogP contribution in [0.3, 0.4) is 0 Å². The zero-order valence-corrected chi connectivity index (χ0v) is 9.34. The van der Waals surface area contributed by atoms with Crippen LogP contribution in [0.2, 0.25) is 0 Å². The maximum absolute atomic E-state index is 11.6. The lowest BCUT2D eigenvalue weighted by atomic mass is 10.2. The lowest BCUT2D eigenvalue weighted by Gasteiger charge is -2.19. The van der Waals surface area contributed by atoms with Gasteiger partial charge in [0, 0.05) is 17.2 Å². The highest BCUT2D eigenvalue weighted by atomic mass is 16.6. The van der Waals surface area contributed by atoms with Gasteiger partial charge in [-0.3, -0.25) is 14.9 Å². The van der Waals surface area contributed by atoms with Gasteiger partial charge >= 0.3 is 0 Å². The number of amides is 1. The van der Waals surface area contributed by atoms with Gasteiger partial charge in [-0.05, 0) is 31.5 Å². The first-order valence-corrected chi connectivity index (χ1v) is 5.03. The molecule has 1 amide bonds. The summed E-state index contributed by atoms with van der Waals surface area (Å²) in [5.41, 5.74) is 1.72. The first-order chi connectivity index (χ1) is 7.54. The molecule has 0 spiro atoms. The van der Waals surface area contributed by atoms with Crippen LogP contribution in [-0.2, 0) is 4.79 Å². The van der Waals surface area contributed by atoms with E-state index in [1.807, 2.05) is 25.1 Å². The summed E-state index contributed by atoms with van der Waals surface area (Å²) in [6, 6.07) is 7.35. The summed E-state index contributed by atoms with van der Waals surface area (Å²) in [6.45, 7) is 3.47. The van der Waals surface area contributed by atoms with E-state index in [1.165, 1.54) is 4.90 Å². The highest BCUT2D eigenvalue weighted by Gasteiger charge is 2.18. The molecule has 0 N–H and O–H groups in total. The van der Waals surface area contributed by atoms with E-state index in [2.05, 4.69) is 0 Å². The van der Waals surface area contributed by atoms with E-state index in [0.717, 1.165) is 5.56 Å².